The minimum atomic E-state index is -0.557. The van der Waals surface area contributed by atoms with Crippen LogP contribution in [0.15, 0.2) is 29.1 Å². The molecule has 1 aromatic heterocycles. The third kappa shape index (κ3) is 2.93. The second-order valence-electron chi connectivity index (χ2n) is 5.02. The fraction of sp³-hybridized carbons (Fsp3) is 0.250. The molecule has 0 aliphatic carbocycles. The van der Waals surface area contributed by atoms with Crippen LogP contribution in [-0.4, -0.2) is 22.2 Å². The maximum atomic E-state index is 13.1. The summed E-state index contributed by atoms with van der Waals surface area (Å²) < 4.78 is 14.4. The number of hydrogen-bond donors (Lipinski definition) is 2. The van der Waals surface area contributed by atoms with E-state index >= 15 is 0 Å². The van der Waals surface area contributed by atoms with Crippen LogP contribution in [0.4, 0.5) is 4.39 Å². The van der Waals surface area contributed by atoms with Gasteiger partial charge in [0.1, 0.15) is 11.4 Å². The van der Waals surface area contributed by atoms with Crippen molar-refractivity contribution in [2.75, 3.05) is 6.54 Å². The largest absolute Gasteiger partial charge is 0.341 e. The lowest BCUT2D eigenvalue weighted by Gasteiger charge is -2.05. The van der Waals surface area contributed by atoms with Crippen LogP contribution in [0.1, 0.15) is 30.2 Å². The van der Waals surface area contributed by atoms with Gasteiger partial charge in [-0.05, 0) is 38.1 Å². The second kappa shape index (κ2) is 6.31. The molecule has 1 aromatic carbocycles. The lowest BCUT2D eigenvalue weighted by Crippen LogP contribution is -2.30. The Balaban J connectivity index is 2.59. The summed E-state index contributed by atoms with van der Waals surface area (Å²) in [6, 6.07) is 5.39. The van der Waals surface area contributed by atoms with Crippen molar-refractivity contribution in [3.8, 4) is 23.6 Å². The van der Waals surface area contributed by atoms with E-state index in [0.29, 0.717) is 11.3 Å². The zero-order valence-electron chi connectivity index (χ0n) is 12.3. The van der Waals surface area contributed by atoms with E-state index in [4.69, 9.17) is 6.42 Å². The van der Waals surface area contributed by atoms with Gasteiger partial charge in [0.2, 0.25) is 0 Å². The van der Waals surface area contributed by atoms with Gasteiger partial charge in [-0.1, -0.05) is 5.92 Å². The van der Waals surface area contributed by atoms with Gasteiger partial charge < -0.3 is 5.32 Å². The van der Waals surface area contributed by atoms with E-state index in [1.165, 1.54) is 28.9 Å². The summed E-state index contributed by atoms with van der Waals surface area (Å²) >= 11 is 0. The molecular weight excluding hydrogens is 285 g/mol. The molecule has 2 rings (SSSR count). The number of nitrogens with zero attached hydrogens (tertiary/aromatic N) is 1. The van der Waals surface area contributed by atoms with Gasteiger partial charge in [0.05, 0.1) is 12.2 Å². The number of benzene rings is 1. The van der Waals surface area contributed by atoms with Gasteiger partial charge in [0.25, 0.3) is 11.5 Å². The molecule has 1 heterocycles. The summed E-state index contributed by atoms with van der Waals surface area (Å²) in [6.45, 7) is 3.65. The molecule has 5 nitrogen and oxygen atoms in total. The summed E-state index contributed by atoms with van der Waals surface area (Å²) in [4.78, 5) is 24.6. The molecule has 1 amide bonds. The van der Waals surface area contributed by atoms with Crippen molar-refractivity contribution < 1.29 is 9.18 Å². The van der Waals surface area contributed by atoms with E-state index in [9.17, 15) is 14.0 Å². The lowest BCUT2D eigenvalue weighted by molar-refractivity contribution is 0.0958. The Labute approximate surface area is 127 Å². The molecule has 0 fully saturated rings. The normalized spacial score (nSPS) is 10.5. The summed E-state index contributed by atoms with van der Waals surface area (Å²) in [6.07, 6.45) is 5.11. The van der Waals surface area contributed by atoms with Gasteiger partial charge in [0, 0.05) is 11.6 Å². The first-order chi connectivity index (χ1) is 10.5. The van der Waals surface area contributed by atoms with E-state index < -0.39 is 17.3 Å². The summed E-state index contributed by atoms with van der Waals surface area (Å²) in [5, 5.41) is 5.39. The maximum absolute atomic E-state index is 13.1. The molecule has 0 atom stereocenters. The number of H-pyrrole nitrogens is 1. The Bertz CT molecular complexity index is 779. The number of nitrogens with one attached hydrogen (secondary N) is 2. The van der Waals surface area contributed by atoms with Crippen LogP contribution < -0.4 is 10.9 Å². The maximum Gasteiger partial charge on any atom is 0.280 e. The van der Waals surface area contributed by atoms with Crippen molar-refractivity contribution >= 4 is 5.91 Å². The van der Waals surface area contributed by atoms with Crippen molar-refractivity contribution in [1.29, 1.82) is 0 Å². The fourth-order valence-electron chi connectivity index (χ4n) is 2.07. The molecule has 114 valence electrons. The average molecular weight is 301 g/mol. The number of rotatable bonds is 4. The summed E-state index contributed by atoms with van der Waals surface area (Å²) in [5.74, 6) is 1.33. The van der Waals surface area contributed by atoms with E-state index in [2.05, 4.69) is 16.3 Å². The van der Waals surface area contributed by atoms with E-state index in [-0.39, 0.29) is 18.2 Å². The molecular formula is C16H16FN3O2. The van der Waals surface area contributed by atoms with Crippen molar-refractivity contribution in [2.45, 2.75) is 19.9 Å². The van der Waals surface area contributed by atoms with Gasteiger partial charge in [-0.15, -0.1) is 6.42 Å². The van der Waals surface area contributed by atoms with Crippen LogP contribution in [0.5, 0.6) is 0 Å². The fourth-order valence-corrected chi connectivity index (χ4v) is 2.07. The number of amides is 1. The zero-order valence-corrected chi connectivity index (χ0v) is 12.3. The second-order valence-corrected chi connectivity index (χ2v) is 5.02. The zero-order chi connectivity index (χ0) is 16.3. The number of aromatic nitrogens is 2. The molecule has 0 spiro atoms. The van der Waals surface area contributed by atoms with E-state index in [1.54, 1.807) is 0 Å². The molecule has 6 heteroatoms. The van der Waals surface area contributed by atoms with E-state index in [1.807, 2.05) is 13.8 Å². The summed E-state index contributed by atoms with van der Waals surface area (Å²) in [5.41, 5.74) is 0.413. The highest BCUT2D eigenvalue weighted by Gasteiger charge is 2.22. The van der Waals surface area contributed by atoms with Gasteiger partial charge in [-0.2, -0.15) is 0 Å². The number of terminal acetylenes is 1. The first-order valence-electron chi connectivity index (χ1n) is 6.77. The summed E-state index contributed by atoms with van der Waals surface area (Å²) in [7, 11) is 0. The molecule has 22 heavy (non-hydrogen) atoms. The molecule has 0 bridgehead atoms. The standard InChI is InChI=1S/C16H16FN3O2/c1-4-9-18-15(21)13-14(11-5-7-12(17)8-6-11)19-20(10(2)3)16(13)22/h1,5-8,10,19H,9H2,2-3H3,(H,18,21). The SMILES string of the molecule is C#CCNC(=O)c1c(-c2ccc(F)cc2)[nH]n(C(C)C)c1=O. The van der Waals surface area contributed by atoms with Gasteiger partial charge in [-0.3, -0.25) is 14.7 Å². The number of aromatic amines is 1. The van der Waals surface area contributed by atoms with Gasteiger partial charge in [0.15, 0.2) is 0 Å². The molecule has 0 aliphatic heterocycles. The minimum Gasteiger partial charge on any atom is -0.341 e. The highest BCUT2D eigenvalue weighted by molar-refractivity contribution is 5.99. The Kier molecular flexibility index (Phi) is 4.47. The third-order valence-corrected chi connectivity index (χ3v) is 3.14. The molecule has 0 unspecified atom stereocenters. The predicted octanol–water partition coefficient (Wildman–Crippen LogP) is 1.93. The average Bonchev–Trinajstić information content (AvgIpc) is 2.83. The Morgan fingerprint density at radius 3 is 2.59 bits per heavy atom. The highest BCUT2D eigenvalue weighted by Crippen LogP contribution is 2.21. The Morgan fingerprint density at radius 1 is 1.41 bits per heavy atom. The van der Waals surface area contributed by atoms with Crippen LogP contribution in [0, 0.1) is 18.2 Å². The van der Waals surface area contributed by atoms with Gasteiger partial charge in [-0.25, -0.2) is 9.07 Å². The molecule has 2 N–H and O–H groups in total. The van der Waals surface area contributed by atoms with Crippen LogP contribution >= 0.6 is 0 Å². The molecule has 0 saturated carbocycles. The van der Waals surface area contributed by atoms with Crippen LogP contribution in [0.25, 0.3) is 11.3 Å². The van der Waals surface area contributed by atoms with Crippen molar-refractivity contribution in [2.24, 2.45) is 0 Å². The van der Waals surface area contributed by atoms with Gasteiger partial charge >= 0.3 is 0 Å². The quantitative estimate of drug-likeness (QED) is 0.847. The minimum absolute atomic E-state index is 0.0218. The first kappa shape index (κ1) is 15.6. The first-order valence-corrected chi connectivity index (χ1v) is 6.77. The number of halogens is 1. The van der Waals surface area contributed by atoms with Crippen molar-refractivity contribution in [3.05, 3.63) is 46.0 Å². The molecule has 2 aromatic rings. The Hall–Kier alpha value is -2.81. The number of hydrogen-bond acceptors (Lipinski definition) is 2. The molecule has 0 radical (unpaired) electrons. The highest BCUT2D eigenvalue weighted by atomic mass is 19.1. The third-order valence-electron chi connectivity index (χ3n) is 3.14. The predicted molar refractivity (Wildman–Crippen MR) is 82.0 cm³/mol. The molecule has 0 saturated heterocycles. The monoisotopic (exact) mass is 301 g/mol. The number of carbonyl (C=O) groups excluding carboxylic acids is 1. The Morgan fingerprint density at radius 2 is 2.05 bits per heavy atom. The van der Waals surface area contributed by atoms with Crippen molar-refractivity contribution in [1.82, 2.24) is 15.1 Å². The van der Waals surface area contributed by atoms with Crippen molar-refractivity contribution in [3.63, 3.8) is 0 Å². The van der Waals surface area contributed by atoms with Crippen LogP contribution in [0.2, 0.25) is 0 Å². The van der Waals surface area contributed by atoms with Crippen LogP contribution in [0.3, 0.4) is 0 Å². The van der Waals surface area contributed by atoms with E-state index in [0.717, 1.165) is 0 Å². The lowest BCUT2D eigenvalue weighted by atomic mass is 10.1. The topological polar surface area (TPSA) is 66.9 Å². The number of carbonyl (C=O) groups is 1. The smallest absolute Gasteiger partial charge is 0.280 e. The van der Waals surface area contributed by atoms with Crippen LogP contribution in [-0.2, 0) is 0 Å². The molecule has 0 aliphatic rings.